The van der Waals surface area contributed by atoms with Crippen molar-refractivity contribution in [2.24, 2.45) is 0 Å². The van der Waals surface area contributed by atoms with Gasteiger partial charge in [-0.3, -0.25) is 4.79 Å². The first kappa shape index (κ1) is 18.8. The number of aryl methyl sites for hydroxylation is 2. The van der Waals surface area contributed by atoms with Crippen LogP contribution in [-0.4, -0.2) is 29.9 Å². The van der Waals surface area contributed by atoms with Gasteiger partial charge in [-0.05, 0) is 50.2 Å². The van der Waals surface area contributed by atoms with Crippen LogP contribution < -0.4 is 14.8 Å². The number of aromatic nitrogens is 2. The number of amides is 1. The van der Waals surface area contributed by atoms with Crippen LogP contribution >= 0.6 is 11.6 Å². The molecule has 7 heteroatoms. The molecule has 140 valence electrons. The fraction of sp³-hybridized carbons (Fsp3) is 0.200. The monoisotopic (exact) mass is 385 g/mol. The second kappa shape index (κ2) is 7.72. The number of anilines is 1. The average molecular weight is 386 g/mol. The van der Waals surface area contributed by atoms with Gasteiger partial charge >= 0.3 is 0 Å². The molecule has 1 heterocycles. The van der Waals surface area contributed by atoms with Crippen LogP contribution in [0.1, 0.15) is 21.7 Å². The third-order valence-corrected chi connectivity index (χ3v) is 4.40. The molecule has 0 radical (unpaired) electrons. The van der Waals surface area contributed by atoms with E-state index >= 15 is 0 Å². The first-order valence-corrected chi connectivity index (χ1v) is 8.67. The third kappa shape index (κ3) is 3.90. The van der Waals surface area contributed by atoms with Gasteiger partial charge in [0.05, 0.1) is 36.3 Å². The molecule has 27 heavy (non-hydrogen) atoms. The number of carbonyl (C=O) groups is 1. The topological polar surface area (TPSA) is 65.4 Å². The second-order valence-corrected chi connectivity index (χ2v) is 6.43. The quantitative estimate of drug-likeness (QED) is 0.706. The molecule has 0 fully saturated rings. The van der Waals surface area contributed by atoms with Gasteiger partial charge in [-0.1, -0.05) is 11.6 Å². The highest BCUT2D eigenvalue weighted by Gasteiger charge is 2.14. The summed E-state index contributed by atoms with van der Waals surface area (Å²) in [6.45, 7) is 3.93. The molecule has 0 saturated carbocycles. The largest absolute Gasteiger partial charge is 0.495 e. The molecular weight excluding hydrogens is 366 g/mol. The second-order valence-electron chi connectivity index (χ2n) is 6.03. The summed E-state index contributed by atoms with van der Waals surface area (Å²) in [7, 11) is 3.03. The number of rotatable bonds is 5. The normalized spacial score (nSPS) is 10.6. The summed E-state index contributed by atoms with van der Waals surface area (Å²) in [4.78, 5) is 12.6. The molecule has 0 aliphatic heterocycles. The van der Waals surface area contributed by atoms with Crippen LogP contribution in [0.3, 0.4) is 0 Å². The minimum atomic E-state index is -0.269. The maximum atomic E-state index is 12.6. The minimum absolute atomic E-state index is 0.269. The lowest BCUT2D eigenvalue weighted by atomic mass is 10.2. The predicted octanol–water partition coefficient (Wildman–Crippen LogP) is 4.41. The number of nitrogens with zero attached hydrogens (tertiary/aromatic N) is 2. The Morgan fingerprint density at radius 3 is 2.26 bits per heavy atom. The maximum Gasteiger partial charge on any atom is 0.255 e. The van der Waals surface area contributed by atoms with Crippen molar-refractivity contribution < 1.29 is 14.3 Å². The maximum absolute atomic E-state index is 12.6. The van der Waals surface area contributed by atoms with E-state index in [0.29, 0.717) is 27.8 Å². The number of halogens is 1. The van der Waals surface area contributed by atoms with Crippen LogP contribution in [0.15, 0.2) is 42.5 Å². The molecule has 0 aliphatic rings. The van der Waals surface area contributed by atoms with Crippen molar-refractivity contribution in [2.75, 3.05) is 19.5 Å². The Hall–Kier alpha value is -2.99. The summed E-state index contributed by atoms with van der Waals surface area (Å²) in [6, 6.07) is 12.4. The molecule has 3 rings (SSSR count). The van der Waals surface area contributed by atoms with Crippen molar-refractivity contribution in [1.82, 2.24) is 9.78 Å². The van der Waals surface area contributed by atoms with E-state index in [1.54, 1.807) is 24.3 Å². The molecule has 0 aliphatic carbocycles. The molecular formula is C20H20ClN3O3. The van der Waals surface area contributed by atoms with Gasteiger partial charge in [0.25, 0.3) is 5.91 Å². The van der Waals surface area contributed by atoms with Crippen LogP contribution in [0.25, 0.3) is 5.69 Å². The molecule has 0 bridgehead atoms. The van der Waals surface area contributed by atoms with Gasteiger partial charge in [0.2, 0.25) is 0 Å². The van der Waals surface area contributed by atoms with E-state index in [1.807, 2.05) is 36.7 Å². The highest BCUT2D eigenvalue weighted by molar-refractivity contribution is 6.32. The summed E-state index contributed by atoms with van der Waals surface area (Å²) in [5.41, 5.74) is 3.84. The number of hydrogen-bond acceptors (Lipinski definition) is 4. The zero-order chi connectivity index (χ0) is 19.6. The Kier molecular flexibility index (Phi) is 5.37. The van der Waals surface area contributed by atoms with E-state index in [0.717, 1.165) is 17.1 Å². The molecule has 1 N–H and O–H groups in total. The van der Waals surface area contributed by atoms with Crippen LogP contribution in [0, 0.1) is 13.8 Å². The van der Waals surface area contributed by atoms with Crippen molar-refractivity contribution in [3.8, 4) is 17.2 Å². The number of benzene rings is 2. The van der Waals surface area contributed by atoms with Gasteiger partial charge in [0, 0.05) is 17.3 Å². The summed E-state index contributed by atoms with van der Waals surface area (Å²) >= 11 is 6.15. The van der Waals surface area contributed by atoms with Crippen LogP contribution in [0.2, 0.25) is 5.02 Å². The highest BCUT2D eigenvalue weighted by Crippen LogP contribution is 2.36. The van der Waals surface area contributed by atoms with Gasteiger partial charge in [0.15, 0.2) is 0 Å². The standard InChI is InChI=1S/C20H20ClN3O3/c1-12-9-13(2)24(23-12)15-7-5-14(6-8-15)20(25)22-17-10-16(21)18(26-3)11-19(17)27-4/h5-11H,1-4H3,(H,22,25). The van der Waals surface area contributed by atoms with E-state index in [1.165, 1.54) is 14.2 Å². The summed E-state index contributed by atoms with van der Waals surface area (Å²) < 4.78 is 12.3. The van der Waals surface area contributed by atoms with Gasteiger partial charge in [-0.2, -0.15) is 5.10 Å². The molecule has 1 aromatic heterocycles. The first-order chi connectivity index (χ1) is 12.9. The Bertz CT molecular complexity index is 981. The van der Waals surface area contributed by atoms with Gasteiger partial charge < -0.3 is 14.8 Å². The number of nitrogens with one attached hydrogen (secondary N) is 1. The lowest BCUT2D eigenvalue weighted by Crippen LogP contribution is -2.13. The lowest BCUT2D eigenvalue weighted by molar-refractivity contribution is 0.102. The lowest BCUT2D eigenvalue weighted by Gasteiger charge is -2.13. The Balaban J connectivity index is 1.83. The highest BCUT2D eigenvalue weighted by atomic mass is 35.5. The van der Waals surface area contributed by atoms with E-state index < -0.39 is 0 Å². The molecule has 2 aromatic carbocycles. The van der Waals surface area contributed by atoms with Gasteiger partial charge in [-0.15, -0.1) is 0 Å². The molecule has 0 spiro atoms. The zero-order valence-corrected chi connectivity index (χ0v) is 16.3. The average Bonchev–Trinajstić information content (AvgIpc) is 3.00. The Labute approximate surface area is 162 Å². The zero-order valence-electron chi connectivity index (χ0n) is 15.5. The van der Waals surface area contributed by atoms with Crippen LogP contribution in [-0.2, 0) is 0 Å². The number of ether oxygens (including phenoxy) is 2. The SMILES string of the molecule is COc1cc(OC)c(NC(=O)c2ccc(-n3nc(C)cc3C)cc2)cc1Cl. The van der Waals surface area contributed by atoms with E-state index in [9.17, 15) is 4.79 Å². The van der Waals surface area contributed by atoms with Crippen molar-refractivity contribution in [3.63, 3.8) is 0 Å². The summed E-state index contributed by atoms with van der Waals surface area (Å²) in [6.07, 6.45) is 0. The minimum Gasteiger partial charge on any atom is -0.495 e. The number of methoxy groups -OCH3 is 2. The summed E-state index contributed by atoms with van der Waals surface area (Å²) in [5, 5.41) is 7.65. The van der Waals surface area contributed by atoms with E-state index in [2.05, 4.69) is 10.4 Å². The number of hydrogen-bond donors (Lipinski definition) is 1. The molecule has 0 unspecified atom stereocenters. The van der Waals surface area contributed by atoms with Gasteiger partial charge in [0.1, 0.15) is 11.5 Å². The summed E-state index contributed by atoms with van der Waals surface area (Å²) in [5.74, 6) is 0.666. The molecule has 6 nitrogen and oxygen atoms in total. The van der Waals surface area contributed by atoms with Crippen LogP contribution in [0.5, 0.6) is 11.5 Å². The van der Waals surface area contributed by atoms with Crippen molar-refractivity contribution in [3.05, 3.63) is 64.4 Å². The fourth-order valence-electron chi connectivity index (χ4n) is 2.80. The van der Waals surface area contributed by atoms with Crippen molar-refractivity contribution in [1.29, 1.82) is 0 Å². The fourth-order valence-corrected chi connectivity index (χ4v) is 3.04. The van der Waals surface area contributed by atoms with Crippen molar-refractivity contribution >= 4 is 23.2 Å². The Morgan fingerprint density at radius 2 is 1.70 bits per heavy atom. The smallest absolute Gasteiger partial charge is 0.255 e. The molecule has 0 atom stereocenters. The first-order valence-electron chi connectivity index (χ1n) is 8.29. The number of carbonyl (C=O) groups excluding carboxylic acids is 1. The molecule has 0 saturated heterocycles. The Morgan fingerprint density at radius 1 is 1.04 bits per heavy atom. The van der Waals surface area contributed by atoms with E-state index in [-0.39, 0.29) is 5.91 Å². The van der Waals surface area contributed by atoms with Crippen LogP contribution in [0.4, 0.5) is 5.69 Å². The predicted molar refractivity (Wildman–Crippen MR) is 106 cm³/mol. The van der Waals surface area contributed by atoms with Gasteiger partial charge in [-0.25, -0.2) is 4.68 Å². The molecule has 1 amide bonds. The third-order valence-electron chi connectivity index (χ3n) is 4.11. The molecule has 3 aromatic rings. The van der Waals surface area contributed by atoms with E-state index in [4.69, 9.17) is 21.1 Å². The van der Waals surface area contributed by atoms with Crippen molar-refractivity contribution in [2.45, 2.75) is 13.8 Å².